The van der Waals surface area contributed by atoms with Crippen LogP contribution >= 0.6 is 0 Å². The first-order valence-electron chi connectivity index (χ1n) is 9.40. The van der Waals surface area contributed by atoms with Crippen molar-refractivity contribution < 1.29 is 4.79 Å². The highest BCUT2D eigenvalue weighted by molar-refractivity contribution is 5.92. The summed E-state index contributed by atoms with van der Waals surface area (Å²) in [5.74, 6) is 0.0835. The Labute approximate surface area is 144 Å². The van der Waals surface area contributed by atoms with Gasteiger partial charge in [0.05, 0.1) is 0 Å². The number of carbonyl (C=O) groups is 1. The third-order valence-electron chi connectivity index (χ3n) is 6.15. The van der Waals surface area contributed by atoms with Crippen molar-refractivity contribution >= 4 is 5.91 Å². The lowest BCUT2D eigenvalue weighted by Gasteiger charge is -2.43. The number of aromatic nitrogens is 1. The molecule has 4 rings (SSSR count). The molecule has 2 aliphatic heterocycles. The highest BCUT2D eigenvalue weighted by Crippen LogP contribution is 2.42. The van der Waals surface area contributed by atoms with Gasteiger partial charge in [0.2, 0.25) is 0 Å². The van der Waals surface area contributed by atoms with Crippen LogP contribution in [0.5, 0.6) is 0 Å². The maximum absolute atomic E-state index is 12.5. The van der Waals surface area contributed by atoms with E-state index in [1.54, 1.807) is 6.20 Å². The number of hydrogen-bond donors (Lipinski definition) is 0. The van der Waals surface area contributed by atoms with Gasteiger partial charge in [0.15, 0.2) is 0 Å². The molecule has 1 spiro atoms. The van der Waals surface area contributed by atoms with Crippen LogP contribution in [0.2, 0.25) is 0 Å². The third-order valence-corrected chi connectivity index (χ3v) is 6.15. The molecule has 3 heterocycles. The van der Waals surface area contributed by atoms with E-state index in [1.807, 2.05) is 23.1 Å². The summed E-state index contributed by atoms with van der Waals surface area (Å²) in [7, 11) is 0. The van der Waals surface area contributed by atoms with Gasteiger partial charge in [0.25, 0.3) is 5.91 Å². The van der Waals surface area contributed by atoms with Crippen molar-refractivity contribution in [3.05, 3.63) is 42.2 Å². The Morgan fingerprint density at radius 1 is 1.08 bits per heavy atom. The molecule has 0 unspecified atom stereocenters. The molecule has 2 fully saturated rings. The van der Waals surface area contributed by atoms with Crippen molar-refractivity contribution in [1.29, 1.82) is 0 Å². The molecule has 0 N–H and O–H groups in total. The van der Waals surface area contributed by atoms with Crippen LogP contribution in [0, 0.1) is 5.41 Å². The lowest BCUT2D eigenvalue weighted by molar-refractivity contribution is 0.0603. The molecule has 4 heteroatoms. The number of pyridine rings is 1. The van der Waals surface area contributed by atoms with E-state index in [1.165, 1.54) is 38.8 Å². The minimum absolute atomic E-state index is 0.0835. The molecule has 0 radical (unpaired) electrons. The number of hydrogen-bond acceptors (Lipinski definition) is 3. The van der Waals surface area contributed by atoms with E-state index in [2.05, 4.69) is 22.0 Å². The highest BCUT2D eigenvalue weighted by atomic mass is 16.2. The fraction of sp³-hybridized carbons (Fsp3) is 0.600. The molecule has 1 aromatic rings. The lowest BCUT2D eigenvalue weighted by Crippen LogP contribution is -2.45. The maximum Gasteiger partial charge on any atom is 0.272 e. The van der Waals surface area contributed by atoms with E-state index < -0.39 is 0 Å². The summed E-state index contributed by atoms with van der Waals surface area (Å²) in [4.78, 5) is 21.4. The molecule has 1 atom stereocenters. The van der Waals surface area contributed by atoms with Gasteiger partial charge in [-0.3, -0.25) is 14.7 Å². The number of nitrogens with zero attached hydrogens (tertiary/aromatic N) is 3. The molecule has 3 aliphatic rings. The minimum atomic E-state index is 0.0835. The quantitative estimate of drug-likeness (QED) is 0.784. The Kier molecular flexibility index (Phi) is 4.40. The third kappa shape index (κ3) is 3.12. The summed E-state index contributed by atoms with van der Waals surface area (Å²) < 4.78 is 0. The first-order chi connectivity index (χ1) is 11.8. The largest absolute Gasteiger partial charge is 0.337 e. The topological polar surface area (TPSA) is 36.4 Å². The van der Waals surface area contributed by atoms with Crippen LogP contribution < -0.4 is 0 Å². The van der Waals surface area contributed by atoms with E-state index >= 15 is 0 Å². The van der Waals surface area contributed by atoms with Crippen molar-refractivity contribution in [3.8, 4) is 0 Å². The van der Waals surface area contributed by atoms with E-state index in [4.69, 9.17) is 0 Å². The average Bonchev–Trinajstić information content (AvgIpc) is 3.18. The van der Waals surface area contributed by atoms with Crippen molar-refractivity contribution in [2.45, 2.75) is 44.6 Å². The zero-order chi connectivity index (χ0) is 16.4. The van der Waals surface area contributed by atoms with Gasteiger partial charge in [0, 0.05) is 25.3 Å². The summed E-state index contributed by atoms with van der Waals surface area (Å²) >= 11 is 0. The SMILES string of the molecule is O=C(c1ccccn1)N1CCC2(C=C[C@H](N3CCCC3)CC2)CC1. The monoisotopic (exact) mass is 325 g/mol. The Hall–Kier alpha value is -1.68. The van der Waals surface area contributed by atoms with Crippen molar-refractivity contribution in [1.82, 2.24) is 14.8 Å². The normalized spacial score (nSPS) is 26.8. The van der Waals surface area contributed by atoms with Crippen LogP contribution in [0.3, 0.4) is 0 Å². The number of rotatable bonds is 2. The van der Waals surface area contributed by atoms with Crippen LogP contribution in [0.1, 0.15) is 49.0 Å². The zero-order valence-electron chi connectivity index (χ0n) is 14.4. The van der Waals surface area contributed by atoms with Gasteiger partial charge in [-0.25, -0.2) is 0 Å². The first kappa shape index (κ1) is 15.8. The second-order valence-corrected chi connectivity index (χ2v) is 7.58. The molecular formula is C20H27N3O. The summed E-state index contributed by atoms with van der Waals surface area (Å²) in [6, 6.07) is 6.21. The summed E-state index contributed by atoms with van der Waals surface area (Å²) in [5.41, 5.74) is 0.902. The predicted molar refractivity (Wildman–Crippen MR) is 94.8 cm³/mol. The van der Waals surface area contributed by atoms with Crippen LogP contribution in [-0.2, 0) is 0 Å². The molecule has 1 aliphatic carbocycles. The van der Waals surface area contributed by atoms with Gasteiger partial charge in [-0.05, 0) is 69.2 Å². The summed E-state index contributed by atoms with van der Waals surface area (Å²) in [6.45, 7) is 4.25. The average molecular weight is 325 g/mol. The van der Waals surface area contributed by atoms with Gasteiger partial charge >= 0.3 is 0 Å². The zero-order valence-corrected chi connectivity index (χ0v) is 14.4. The second kappa shape index (κ2) is 6.67. The molecule has 128 valence electrons. The Bertz CT molecular complexity index is 599. The number of amides is 1. The van der Waals surface area contributed by atoms with Crippen LogP contribution in [0.4, 0.5) is 0 Å². The molecule has 24 heavy (non-hydrogen) atoms. The molecule has 1 amide bonds. The molecule has 0 saturated carbocycles. The smallest absolute Gasteiger partial charge is 0.272 e. The maximum atomic E-state index is 12.5. The van der Waals surface area contributed by atoms with Crippen LogP contribution in [0.25, 0.3) is 0 Å². The summed E-state index contributed by atoms with van der Waals surface area (Å²) in [5, 5.41) is 0. The van der Waals surface area contributed by atoms with E-state index in [-0.39, 0.29) is 5.91 Å². The molecule has 1 aromatic heterocycles. The van der Waals surface area contributed by atoms with Crippen molar-refractivity contribution in [2.75, 3.05) is 26.2 Å². The van der Waals surface area contributed by atoms with Gasteiger partial charge in [0.1, 0.15) is 5.69 Å². The summed E-state index contributed by atoms with van der Waals surface area (Å²) in [6.07, 6.45) is 14.1. The van der Waals surface area contributed by atoms with E-state index in [9.17, 15) is 4.79 Å². The number of allylic oxidation sites excluding steroid dienone is 1. The van der Waals surface area contributed by atoms with E-state index in [0.29, 0.717) is 17.2 Å². The number of carbonyl (C=O) groups excluding carboxylic acids is 1. The molecule has 0 aromatic carbocycles. The Morgan fingerprint density at radius 3 is 2.50 bits per heavy atom. The van der Waals surface area contributed by atoms with Crippen LogP contribution in [-0.4, -0.2) is 52.9 Å². The minimum Gasteiger partial charge on any atom is -0.337 e. The number of piperidine rings is 1. The Morgan fingerprint density at radius 2 is 1.88 bits per heavy atom. The van der Waals surface area contributed by atoms with Gasteiger partial charge in [-0.15, -0.1) is 0 Å². The van der Waals surface area contributed by atoms with Gasteiger partial charge in [-0.1, -0.05) is 18.2 Å². The highest BCUT2D eigenvalue weighted by Gasteiger charge is 2.37. The fourth-order valence-corrected chi connectivity index (χ4v) is 4.53. The molecule has 4 nitrogen and oxygen atoms in total. The van der Waals surface area contributed by atoms with Crippen molar-refractivity contribution in [3.63, 3.8) is 0 Å². The predicted octanol–water partition coefficient (Wildman–Crippen LogP) is 3.12. The molecular weight excluding hydrogens is 298 g/mol. The van der Waals surface area contributed by atoms with Gasteiger partial charge in [-0.2, -0.15) is 0 Å². The van der Waals surface area contributed by atoms with Gasteiger partial charge < -0.3 is 4.90 Å². The number of likely N-dealkylation sites (tertiary alicyclic amines) is 2. The first-order valence-corrected chi connectivity index (χ1v) is 9.40. The lowest BCUT2D eigenvalue weighted by atomic mass is 9.71. The van der Waals surface area contributed by atoms with Crippen molar-refractivity contribution in [2.24, 2.45) is 5.41 Å². The fourth-order valence-electron chi connectivity index (χ4n) is 4.53. The van der Waals surface area contributed by atoms with Crippen LogP contribution in [0.15, 0.2) is 36.5 Å². The Balaban J connectivity index is 1.36. The second-order valence-electron chi connectivity index (χ2n) is 7.58. The van der Waals surface area contributed by atoms with E-state index in [0.717, 1.165) is 25.9 Å². The molecule has 0 bridgehead atoms. The standard InChI is InChI=1S/C20H27N3O/c24-19(18-5-1-2-12-21-18)23-15-10-20(11-16-23)8-6-17(7-9-20)22-13-3-4-14-22/h1-2,5-6,8,12,17H,3-4,7,9-11,13-16H2/t17-/m0/s1. The molecule has 2 saturated heterocycles.